The van der Waals surface area contributed by atoms with E-state index in [9.17, 15) is 0 Å². The van der Waals surface area contributed by atoms with Crippen LogP contribution in [0.3, 0.4) is 0 Å². The lowest BCUT2D eigenvalue weighted by molar-refractivity contribution is -0.0171. The summed E-state index contributed by atoms with van der Waals surface area (Å²) < 4.78 is 11.1. The summed E-state index contributed by atoms with van der Waals surface area (Å²) in [6.07, 6.45) is 6.84. The minimum absolute atomic E-state index is 0.328. The molecule has 24 heavy (non-hydrogen) atoms. The number of methoxy groups -OCH3 is 1. The normalized spacial score (nSPS) is 31.9. The summed E-state index contributed by atoms with van der Waals surface area (Å²) >= 11 is 0. The van der Waals surface area contributed by atoms with Gasteiger partial charge in [0.2, 0.25) is 0 Å². The number of hydrogen-bond acceptors (Lipinski definition) is 3. The van der Waals surface area contributed by atoms with E-state index in [1.54, 1.807) is 7.11 Å². The van der Waals surface area contributed by atoms with Crippen LogP contribution in [-0.2, 0) is 11.2 Å². The fourth-order valence-corrected chi connectivity index (χ4v) is 4.94. The lowest BCUT2D eigenvalue weighted by Gasteiger charge is -2.48. The zero-order valence-corrected chi connectivity index (χ0v) is 14.3. The first-order valence-electron chi connectivity index (χ1n) is 8.99. The van der Waals surface area contributed by atoms with Crippen LogP contribution in [-0.4, -0.2) is 36.2 Å². The van der Waals surface area contributed by atoms with Crippen molar-refractivity contribution in [2.75, 3.05) is 20.2 Å². The highest BCUT2D eigenvalue weighted by atomic mass is 16.5. The summed E-state index contributed by atoms with van der Waals surface area (Å²) in [6.45, 7) is 4.50. The Hall–Kier alpha value is -1.94. The molecule has 1 fully saturated rings. The first-order valence-corrected chi connectivity index (χ1v) is 8.99. The lowest BCUT2D eigenvalue weighted by atomic mass is 9.75. The Labute approximate surface area is 142 Å². The van der Waals surface area contributed by atoms with E-state index in [1.165, 1.54) is 28.6 Å². The van der Waals surface area contributed by atoms with Crippen LogP contribution in [0.4, 0.5) is 0 Å². The second kappa shape index (κ2) is 5.28. The van der Waals surface area contributed by atoms with Crippen molar-refractivity contribution in [1.82, 2.24) is 9.88 Å². The Morgan fingerprint density at radius 1 is 1.33 bits per heavy atom. The monoisotopic (exact) mass is 324 g/mol. The summed E-state index contributed by atoms with van der Waals surface area (Å²) in [5.41, 5.74) is 4.14. The summed E-state index contributed by atoms with van der Waals surface area (Å²) in [6, 6.07) is 6.91. The Morgan fingerprint density at radius 2 is 2.25 bits per heavy atom. The van der Waals surface area contributed by atoms with Crippen molar-refractivity contribution in [2.24, 2.45) is 11.8 Å². The molecule has 5 rings (SSSR count). The fourth-order valence-electron chi connectivity index (χ4n) is 4.94. The number of rotatable bonds is 1. The van der Waals surface area contributed by atoms with Gasteiger partial charge in [0.05, 0.1) is 25.5 Å². The Kier molecular flexibility index (Phi) is 3.17. The molecule has 4 atom stereocenters. The molecule has 1 saturated heterocycles. The molecule has 1 N–H and O–H groups in total. The zero-order chi connectivity index (χ0) is 16.3. The van der Waals surface area contributed by atoms with Crippen LogP contribution >= 0.6 is 0 Å². The molecule has 0 radical (unpaired) electrons. The summed E-state index contributed by atoms with van der Waals surface area (Å²) in [7, 11) is 1.73. The number of nitrogens with one attached hydrogen (secondary N) is 1. The molecular formula is C20H24N2O2. The van der Waals surface area contributed by atoms with Gasteiger partial charge in [-0.15, -0.1) is 0 Å². The topological polar surface area (TPSA) is 37.5 Å². The number of hydrogen-bond donors (Lipinski definition) is 1. The molecule has 0 amide bonds. The molecule has 4 heterocycles. The number of piperidine rings is 1. The van der Waals surface area contributed by atoms with Crippen molar-refractivity contribution < 1.29 is 9.47 Å². The van der Waals surface area contributed by atoms with E-state index in [2.05, 4.69) is 41.1 Å². The molecule has 3 unspecified atom stereocenters. The van der Waals surface area contributed by atoms with E-state index >= 15 is 0 Å². The number of H-pyrrole nitrogens is 1. The van der Waals surface area contributed by atoms with Gasteiger partial charge in [-0.3, -0.25) is 4.90 Å². The molecule has 0 bridgehead atoms. The van der Waals surface area contributed by atoms with Crippen molar-refractivity contribution >= 4 is 10.9 Å². The molecule has 0 saturated carbocycles. The number of fused-ring (bicyclic) bond motifs is 6. The molecule has 3 aliphatic heterocycles. The van der Waals surface area contributed by atoms with Crippen LogP contribution in [0.1, 0.15) is 30.6 Å². The van der Waals surface area contributed by atoms with E-state index in [1.807, 2.05) is 6.26 Å². The van der Waals surface area contributed by atoms with Gasteiger partial charge in [0.25, 0.3) is 0 Å². The Bertz CT molecular complexity index is 809. The number of allylic oxidation sites excluding steroid dienone is 1. The summed E-state index contributed by atoms with van der Waals surface area (Å²) in [4.78, 5) is 6.38. The predicted molar refractivity (Wildman–Crippen MR) is 94.2 cm³/mol. The van der Waals surface area contributed by atoms with E-state index in [4.69, 9.17) is 9.47 Å². The van der Waals surface area contributed by atoms with Gasteiger partial charge in [0.15, 0.2) is 0 Å². The third kappa shape index (κ3) is 2.02. The van der Waals surface area contributed by atoms with E-state index < -0.39 is 0 Å². The summed E-state index contributed by atoms with van der Waals surface area (Å²) in [5, 5.41) is 1.36. The van der Waals surface area contributed by atoms with E-state index in [0.717, 1.165) is 25.3 Å². The lowest BCUT2D eigenvalue weighted by Crippen LogP contribution is -2.49. The van der Waals surface area contributed by atoms with Crippen molar-refractivity contribution in [2.45, 2.75) is 31.9 Å². The van der Waals surface area contributed by atoms with Gasteiger partial charge in [0, 0.05) is 41.7 Å². The minimum atomic E-state index is 0.328. The van der Waals surface area contributed by atoms with Crippen molar-refractivity contribution in [3.8, 4) is 5.75 Å². The van der Waals surface area contributed by atoms with E-state index in [-0.39, 0.29) is 0 Å². The highest BCUT2D eigenvalue weighted by Crippen LogP contribution is 2.45. The van der Waals surface area contributed by atoms with E-state index in [0.29, 0.717) is 24.0 Å². The molecule has 1 aromatic carbocycles. The largest absolute Gasteiger partial charge is 0.498 e. The highest BCUT2D eigenvalue weighted by Gasteiger charge is 2.42. The molecule has 1 aromatic heterocycles. The smallest absolute Gasteiger partial charge is 0.120 e. The molecule has 4 heteroatoms. The standard InChI is InChI=1S/C20H24N2O2/c1-12-17-11-22-7-5-16-15-4-3-14(23-2)10-18(15)21-20(16)19(22)9-13(17)6-8-24-12/h3-4,6,8,10,12-13,17,19,21H,5,7,9,11H2,1-2H3/t12-,13?,17?,19?/m1/s1. The average molecular weight is 324 g/mol. The van der Waals surface area contributed by atoms with Crippen LogP contribution in [0, 0.1) is 11.8 Å². The quantitative estimate of drug-likeness (QED) is 0.870. The van der Waals surface area contributed by atoms with Crippen molar-refractivity contribution in [3.05, 3.63) is 41.8 Å². The molecule has 0 spiro atoms. The molecule has 4 nitrogen and oxygen atoms in total. The number of aromatic nitrogens is 1. The van der Waals surface area contributed by atoms with Crippen LogP contribution in [0.25, 0.3) is 10.9 Å². The Morgan fingerprint density at radius 3 is 3.12 bits per heavy atom. The number of nitrogens with zero attached hydrogens (tertiary/aromatic N) is 1. The first kappa shape index (κ1) is 14.4. The molecule has 3 aliphatic rings. The van der Waals surface area contributed by atoms with Gasteiger partial charge in [0.1, 0.15) is 5.75 Å². The van der Waals surface area contributed by atoms with Crippen LogP contribution in [0.15, 0.2) is 30.5 Å². The number of ether oxygens (including phenoxy) is 2. The van der Waals surface area contributed by atoms with Crippen molar-refractivity contribution in [3.63, 3.8) is 0 Å². The SMILES string of the molecule is COc1ccc2c3c([nH]c2c1)C1CC2C=CO[C@H](C)C2CN1CC3. The van der Waals surface area contributed by atoms with Crippen LogP contribution < -0.4 is 4.74 Å². The Balaban J connectivity index is 1.55. The second-order valence-corrected chi connectivity index (χ2v) is 7.42. The van der Waals surface area contributed by atoms with Gasteiger partial charge < -0.3 is 14.5 Å². The van der Waals surface area contributed by atoms with Gasteiger partial charge in [-0.05, 0) is 49.5 Å². The van der Waals surface area contributed by atoms with Gasteiger partial charge in [-0.2, -0.15) is 0 Å². The summed E-state index contributed by atoms with van der Waals surface area (Å²) in [5.74, 6) is 2.17. The second-order valence-electron chi connectivity index (χ2n) is 7.42. The van der Waals surface area contributed by atoms with Gasteiger partial charge in [-0.1, -0.05) is 0 Å². The number of aromatic amines is 1. The van der Waals surface area contributed by atoms with Gasteiger partial charge >= 0.3 is 0 Å². The molecule has 126 valence electrons. The highest BCUT2D eigenvalue weighted by molar-refractivity contribution is 5.86. The molecule has 0 aliphatic carbocycles. The minimum Gasteiger partial charge on any atom is -0.498 e. The third-order valence-electron chi connectivity index (χ3n) is 6.28. The predicted octanol–water partition coefficient (Wildman–Crippen LogP) is 3.64. The zero-order valence-electron chi connectivity index (χ0n) is 14.3. The molecular weight excluding hydrogens is 300 g/mol. The average Bonchev–Trinajstić information content (AvgIpc) is 2.99. The maximum absolute atomic E-state index is 5.74. The van der Waals surface area contributed by atoms with Crippen LogP contribution in [0.5, 0.6) is 5.75 Å². The number of benzene rings is 1. The van der Waals surface area contributed by atoms with Crippen molar-refractivity contribution in [1.29, 1.82) is 0 Å². The van der Waals surface area contributed by atoms with Gasteiger partial charge in [-0.25, -0.2) is 0 Å². The maximum atomic E-state index is 5.74. The third-order valence-corrected chi connectivity index (χ3v) is 6.28. The molecule has 2 aromatic rings. The maximum Gasteiger partial charge on any atom is 0.120 e. The fraction of sp³-hybridized carbons (Fsp3) is 0.500. The van der Waals surface area contributed by atoms with Crippen LogP contribution in [0.2, 0.25) is 0 Å². The first-order chi connectivity index (χ1) is 11.7.